The van der Waals surface area contributed by atoms with E-state index in [1.807, 2.05) is 76.3 Å². The lowest BCUT2D eigenvalue weighted by molar-refractivity contribution is 0.0521. The van der Waals surface area contributed by atoms with Crippen molar-refractivity contribution in [2.45, 2.75) is 32.9 Å². The van der Waals surface area contributed by atoms with Crippen LogP contribution in [0.4, 0.5) is 10.5 Å². The van der Waals surface area contributed by atoms with Crippen LogP contribution in [0.3, 0.4) is 0 Å². The lowest BCUT2D eigenvalue weighted by Gasteiger charge is -2.23. The molecule has 39 heavy (non-hydrogen) atoms. The molecule has 5 aromatic rings. The van der Waals surface area contributed by atoms with Gasteiger partial charge >= 0.3 is 12.1 Å². The largest absolute Gasteiger partial charge is 0.465 e. The first-order valence-electron chi connectivity index (χ1n) is 12.6. The zero-order chi connectivity index (χ0) is 27.7. The molecule has 0 amide bonds. The Morgan fingerprint density at radius 2 is 1.72 bits per heavy atom. The van der Waals surface area contributed by atoms with E-state index < -0.39 is 17.7 Å². The molecule has 0 aliphatic heterocycles. The predicted octanol–water partition coefficient (Wildman–Crippen LogP) is 6.46. The summed E-state index contributed by atoms with van der Waals surface area (Å²) in [6, 6.07) is 23.3. The molecule has 3 aromatic carbocycles. The highest BCUT2D eigenvalue weighted by Crippen LogP contribution is 2.34. The number of benzene rings is 3. The number of fused-ring (bicyclic) bond motifs is 2. The SMILES string of the molecule is COC(=O)c1ccc2nc(-c3ccc4c(cnn4C(=O)OC(C)(C)C)c3)c(N(C)Cc3ccccc3)cc2c1. The van der Waals surface area contributed by atoms with Gasteiger partial charge in [0.15, 0.2) is 0 Å². The lowest BCUT2D eigenvalue weighted by atomic mass is 10.0. The number of hydrogen-bond donors (Lipinski definition) is 0. The van der Waals surface area contributed by atoms with Crippen LogP contribution in [0.2, 0.25) is 0 Å². The van der Waals surface area contributed by atoms with E-state index in [0.29, 0.717) is 17.6 Å². The van der Waals surface area contributed by atoms with Crippen LogP contribution in [0.5, 0.6) is 0 Å². The van der Waals surface area contributed by atoms with Gasteiger partial charge in [-0.15, -0.1) is 0 Å². The van der Waals surface area contributed by atoms with E-state index in [0.717, 1.165) is 38.8 Å². The van der Waals surface area contributed by atoms with Gasteiger partial charge in [-0.05, 0) is 62.7 Å². The molecule has 0 aliphatic carbocycles. The number of methoxy groups -OCH3 is 1. The number of ether oxygens (including phenoxy) is 2. The molecule has 2 heterocycles. The topological polar surface area (TPSA) is 86.5 Å². The Morgan fingerprint density at radius 1 is 0.949 bits per heavy atom. The van der Waals surface area contributed by atoms with Crippen LogP contribution in [0, 0.1) is 0 Å². The molecular formula is C31H30N4O4. The highest BCUT2D eigenvalue weighted by atomic mass is 16.6. The van der Waals surface area contributed by atoms with E-state index >= 15 is 0 Å². The second-order valence-electron chi connectivity index (χ2n) is 10.4. The maximum absolute atomic E-state index is 12.7. The Bertz CT molecular complexity index is 1690. The Labute approximate surface area is 226 Å². The van der Waals surface area contributed by atoms with Gasteiger partial charge in [-0.3, -0.25) is 0 Å². The Balaban J connectivity index is 1.61. The third-order valence-corrected chi connectivity index (χ3v) is 6.30. The molecule has 0 radical (unpaired) electrons. The number of carbonyl (C=O) groups excluding carboxylic acids is 2. The van der Waals surface area contributed by atoms with Crippen LogP contribution >= 0.6 is 0 Å². The quantitative estimate of drug-likeness (QED) is 0.245. The van der Waals surface area contributed by atoms with Crippen molar-refractivity contribution in [1.82, 2.24) is 14.8 Å². The van der Waals surface area contributed by atoms with Crippen molar-refractivity contribution >= 4 is 39.6 Å². The number of esters is 1. The Kier molecular flexibility index (Phi) is 6.78. The van der Waals surface area contributed by atoms with Crippen molar-refractivity contribution in [3.63, 3.8) is 0 Å². The summed E-state index contributed by atoms with van der Waals surface area (Å²) in [7, 11) is 3.39. The number of hydrogen-bond acceptors (Lipinski definition) is 7. The number of aromatic nitrogens is 3. The highest BCUT2D eigenvalue weighted by molar-refractivity contribution is 5.98. The first-order valence-corrected chi connectivity index (χ1v) is 12.6. The molecule has 5 rings (SSSR count). The Morgan fingerprint density at radius 3 is 2.44 bits per heavy atom. The number of anilines is 1. The minimum absolute atomic E-state index is 0.396. The lowest BCUT2D eigenvalue weighted by Crippen LogP contribution is -2.27. The fourth-order valence-electron chi connectivity index (χ4n) is 4.49. The highest BCUT2D eigenvalue weighted by Gasteiger charge is 2.21. The standard InChI is InChI=1S/C31H30N4O4/c1-31(2,3)39-30(37)35-26-14-12-21(15-24(26)18-32-35)28-27(34(4)19-20-9-7-6-8-10-20)17-23-16-22(29(36)38-5)11-13-25(23)33-28/h6-18H,19H2,1-5H3. The average Bonchev–Trinajstić information content (AvgIpc) is 3.35. The monoisotopic (exact) mass is 522 g/mol. The second kappa shape index (κ2) is 10.2. The fourth-order valence-corrected chi connectivity index (χ4v) is 4.49. The van der Waals surface area contributed by atoms with Gasteiger partial charge in [0.25, 0.3) is 0 Å². The van der Waals surface area contributed by atoms with Gasteiger partial charge in [0.05, 0.1) is 41.3 Å². The van der Waals surface area contributed by atoms with Crippen molar-refractivity contribution in [1.29, 1.82) is 0 Å². The summed E-state index contributed by atoms with van der Waals surface area (Å²) >= 11 is 0. The number of carbonyl (C=O) groups is 2. The van der Waals surface area contributed by atoms with Gasteiger partial charge in [-0.25, -0.2) is 14.6 Å². The first-order chi connectivity index (χ1) is 18.6. The van der Waals surface area contributed by atoms with E-state index in [1.165, 1.54) is 11.8 Å². The third kappa shape index (κ3) is 5.45. The van der Waals surface area contributed by atoms with E-state index in [-0.39, 0.29) is 0 Å². The van der Waals surface area contributed by atoms with Gasteiger partial charge in [-0.1, -0.05) is 36.4 Å². The summed E-state index contributed by atoms with van der Waals surface area (Å²) in [5.41, 5.74) is 4.94. The number of rotatable bonds is 5. The number of nitrogens with zero attached hydrogens (tertiary/aromatic N) is 4. The summed E-state index contributed by atoms with van der Waals surface area (Å²) < 4.78 is 11.7. The van der Waals surface area contributed by atoms with Crippen molar-refractivity contribution in [2.24, 2.45) is 0 Å². The molecule has 0 saturated carbocycles. The molecule has 2 aromatic heterocycles. The van der Waals surface area contributed by atoms with E-state index in [4.69, 9.17) is 14.5 Å². The van der Waals surface area contributed by atoms with Crippen molar-refractivity contribution in [2.75, 3.05) is 19.1 Å². The fraction of sp³-hybridized carbons (Fsp3) is 0.226. The molecule has 0 N–H and O–H groups in total. The molecule has 0 aliphatic rings. The molecule has 198 valence electrons. The minimum Gasteiger partial charge on any atom is -0.465 e. The molecular weight excluding hydrogens is 492 g/mol. The van der Waals surface area contributed by atoms with Crippen LogP contribution in [0.1, 0.15) is 36.7 Å². The maximum atomic E-state index is 12.7. The second-order valence-corrected chi connectivity index (χ2v) is 10.4. The van der Waals surface area contributed by atoms with Gasteiger partial charge < -0.3 is 14.4 Å². The van der Waals surface area contributed by atoms with Crippen LogP contribution in [-0.2, 0) is 16.0 Å². The van der Waals surface area contributed by atoms with Crippen LogP contribution in [-0.4, -0.2) is 46.6 Å². The molecule has 0 spiro atoms. The third-order valence-electron chi connectivity index (χ3n) is 6.30. The van der Waals surface area contributed by atoms with Crippen molar-refractivity contribution < 1.29 is 19.1 Å². The average molecular weight is 523 g/mol. The van der Waals surface area contributed by atoms with Crippen molar-refractivity contribution in [3.8, 4) is 11.3 Å². The number of pyridine rings is 1. The molecule has 0 atom stereocenters. The predicted molar refractivity (Wildman–Crippen MR) is 152 cm³/mol. The summed E-state index contributed by atoms with van der Waals surface area (Å²) in [5.74, 6) is -0.396. The molecule has 0 unspecified atom stereocenters. The van der Waals surface area contributed by atoms with E-state index in [9.17, 15) is 9.59 Å². The van der Waals surface area contributed by atoms with E-state index in [1.54, 1.807) is 18.3 Å². The summed E-state index contributed by atoms with van der Waals surface area (Å²) in [6.07, 6.45) is 1.12. The minimum atomic E-state index is -0.629. The van der Waals surface area contributed by atoms with Gasteiger partial charge in [0, 0.05) is 29.9 Å². The zero-order valence-corrected chi connectivity index (χ0v) is 22.6. The molecule has 0 fully saturated rings. The summed E-state index contributed by atoms with van der Waals surface area (Å²) in [6.45, 7) is 6.13. The van der Waals surface area contributed by atoms with Crippen LogP contribution in [0.25, 0.3) is 33.1 Å². The van der Waals surface area contributed by atoms with E-state index in [2.05, 4.69) is 22.1 Å². The van der Waals surface area contributed by atoms with Crippen LogP contribution < -0.4 is 4.90 Å². The van der Waals surface area contributed by atoms with Gasteiger partial charge in [0.2, 0.25) is 0 Å². The molecule has 8 nitrogen and oxygen atoms in total. The van der Waals surface area contributed by atoms with Crippen LogP contribution in [0.15, 0.2) is 79.0 Å². The molecule has 0 saturated heterocycles. The van der Waals surface area contributed by atoms with Gasteiger partial charge in [-0.2, -0.15) is 9.78 Å². The maximum Gasteiger partial charge on any atom is 0.435 e. The smallest absolute Gasteiger partial charge is 0.435 e. The molecule has 8 heteroatoms. The Hall–Kier alpha value is -4.72. The van der Waals surface area contributed by atoms with Gasteiger partial charge in [0.1, 0.15) is 5.60 Å². The first kappa shape index (κ1) is 25.9. The molecule has 0 bridgehead atoms. The van der Waals surface area contributed by atoms with Crippen molar-refractivity contribution in [3.05, 3.63) is 90.1 Å². The summed E-state index contributed by atoms with van der Waals surface area (Å²) in [4.78, 5) is 32.0. The normalized spacial score (nSPS) is 11.5. The summed E-state index contributed by atoms with van der Waals surface area (Å²) in [5, 5.41) is 5.90. The zero-order valence-electron chi connectivity index (χ0n) is 22.6.